The van der Waals surface area contributed by atoms with Crippen molar-refractivity contribution < 1.29 is 0 Å². The van der Waals surface area contributed by atoms with Gasteiger partial charge < -0.3 is 5.73 Å². The van der Waals surface area contributed by atoms with E-state index < -0.39 is 5.66 Å². The Morgan fingerprint density at radius 1 is 1.20 bits per heavy atom. The topological polar surface area (TPSA) is 50.7 Å². The first-order valence-corrected chi connectivity index (χ1v) is 8.09. The van der Waals surface area contributed by atoms with Gasteiger partial charge in [-0.3, -0.25) is 4.99 Å². The molecule has 1 aromatic carbocycles. The van der Waals surface area contributed by atoms with Gasteiger partial charge in [-0.1, -0.05) is 47.3 Å². The molecule has 1 heterocycles. The fourth-order valence-corrected chi connectivity index (χ4v) is 3.77. The molecule has 3 rings (SSSR count). The summed E-state index contributed by atoms with van der Waals surface area (Å²) in [6.45, 7) is 1.96. The lowest BCUT2D eigenvalue weighted by atomic mass is 9.77. The summed E-state index contributed by atoms with van der Waals surface area (Å²) in [5.74, 6) is 1.05. The molecule has 2 N–H and O–H groups in total. The number of hydrogen-bond donors (Lipinski definition) is 1. The van der Waals surface area contributed by atoms with Crippen molar-refractivity contribution in [1.29, 1.82) is 0 Å². The van der Waals surface area contributed by atoms with E-state index >= 15 is 0 Å². The molecule has 1 aliphatic heterocycles. The molecule has 0 bridgehead atoms. The van der Waals surface area contributed by atoms with E-state index in [0.717, 1.165) is 15.7 Å². The van der Waals surface area contributed by atoms with Crippen LogP contribution in [-0.2, 0) is 5.66 Å². The van der Waals surface area contributed by atoms with Crippen molar-refractivity contribution in [1.82, 2.24) is 0 Å². The number of aliphatic imine (C=N–C) groups is 2. The van der Waals surface area contributed by atoms with Gasteiger partial charge in [0.05, 0.1) is 5.71 Å². The van der Waals surface area contributed by atoms with Gasteiger partial charge in [0, 0.05) is 16.0 Å². The van der Waals surface area contributed by atoms with E-state index in [-0.39, 0.29) is 0 Å². The van der Waals surface area contributed by atoms with Gasteiger partial charge >= 0.3 is 0 Å². The number of benzene rings is 1. The minimum Gasteiger partial charge on any atom is -0.382 e. The van der Waals surface area contributed by atoms with Crippen LogP contribution < -0.4 is 5.73 Å². The second kappa shape index (κ2) is 5.32. The summed E-state index contributed by atoms with van der Waals surface area (Å²) < 4.78 is 1.07. The predicted molar refractivity (Wildman–Crippen MR) is 87.1 cm³/mol. The van der Waals surface area contributed by atoms with Crippen molar-refractivity contribution in [2.24, 2.45) is 21.6 Å². The average molecular weight is 334 g/mol. The highest BCUT2D eigenvalue weighted by molar-refractivity contribution is 9.10. The van der Waals surface area contributed by atoms with Crippen LogP contribution in [0.4, 0.5) is 0 Å². The molecule has 1 aromatic rings. The fraction of sp³-hybridized carbons (Fsp3) is 0.500. The van der Waals surface area contributed by atoms with Crippen molar-refractivity contribution in [2.75, 3.05) is 0 Å². The Hall–Kier alpha value is -1.16. The van der Waals surface area contributed by atoms with Crippen molar-refractivity contribution in [3.63, 3.8) is 0 Å². The Balaban J connectivity index is 2.09. The molecule has 0 amide bonds. The molecule has 4 heteroatoms. The maximum atomic E-state index is 6.04. The highest BCUT2D eigenvalue weighted by Crippen LogP contribution is 2.45. The Morgan fingerprint density at radius 3 is 2.55 bits per heavy atom. The summed E-state index contributed by atoms with van der Waals surface area (Å²) in [7, 11) is 0. The quantitative estimate of drug-likeness (QED) is 0.873. The summed E-state index contributed by atoms with van der Waals surface area (Å²) in [4.78, 5) is 9.71. The number of amidine groups is 1. The molecule has 1 atom stereocenters. The molecule has 1 aliphatic carbocycles. The van der Waals surface area contributed by atoms with Gasteiger partial charge in [-0.2, -0.15) is 0 Å². The molecule has 0 spiro atoms. The van der Waals surface area contributed by atoms with E-state index in [1.807, 2.05) is 13.0 Å². The molecule has 2 aliphatic rings. The lowest BCUT2D eigenvalue weighted by molar-refractivity contribution is 0.220. The van der Waals surface area contributed by atoms with Crippen molar-refractivity contribution in [3.8, 4) is 0 Å². The maximum Gasteiger partial charge on any atom is 0.181 e. The van der Waals surface area contributed by atoms with E-state index in [0.29, 0.717) is 11.8 Å². The van der Waals surface area contributed by atoms with Gasteiger partial charge in [0.1, 0.15) is 5.84 Å². The van der Waals surface area contributed by atoms with Gasteiger partial charge in [-0.25, -0.2) is 4.99 Å². The fourth-order valence-electron chi connectivity index (χ4n) is 3.37. The Morgan fingerprint density at radius 2 is 1.95 bits per heavy atom. The SMILES string of the molecule is CC1=N[C@@](c2cccc(Br)c2)(C2CCCCC2)N=C1N. The van der Waals surface area contributed by atoms with Crippen molar-refractivity contribution in [3.05, 3.63) is 34.3 Å². The number of rotatable bonds is 2. The van der Waals surface area contributed by atoms with Gasteiger partial charge in [0.2, 0.25) is 0 Å². The Kier molecular flexibility index (Phi) is 3.67. The number of halogens is 1. The minimum atomic E-state index is -0.488. The van der Waals surface area contributed by atoms with E-state index in [1.54, 1.807) is 0 Å². The Bertz CT molecular complexity index is 553. The molecule has 0 radical (unpaired) electrons. The lowest BCUT2D eigenvalue weighted by Crippen LogP contribution is -2.32. The molecule has 0 unspecified atom stereocenters. The first kappa shape index (κ1) is 13.8. The summed E-state index contributed by atoms with van der Waals surface area (Å²) in [5, 5.41) is 0. The number of nitrogens with two attached hydrogens (primary N) is 1. The number of hydrogen-bond acceptors (Lipinski definition) is 3. The van der Waals surface area contributed by atoms with Gasteiger partial charge in [-0.15, -0.1) is 0 Å². The van der Waals surface area contributed by atoms with Gasteiger partial charge in [0.25, 0.3) is 0 Å². The molecular formula is C16H20BrN3. The molecular weight excluding hydrogens is 314 g/mol. The van der Waals surface area contributed by atoms with Crippen molar-refractivity contribution >= 4 is 27.5 Å². The Labute approximate surface area is 128 Å². The molecule has 3 nitrogen and oxygen atoms in total. The molecule has 0 saturated heterocycles. The van der Waals surface area contributed by atoms with Gasteiger partial charge in [0.15, 0.2) is 5.66 Å². The first-order chi connectivity index (χ1) is 9.62. The average Bonchev–Trinajstić information content (AvgIpc) is 2.77. The maximum absolute atomic E-state index is 6.04. The van der Waals surface area contributed by atoms with Crippen molar-refractivity contribution in [2.45, 2.75) is 44.7 Å². The summed E-state index contributed by atoms with van der Waals surface area (Å²) in [6.07, 6.45) is 6.22. The van der Waals surface area contributed by atoms with Crippen LogP contribution in [0.25, 0.3) is 0 Å². The van der Waals surface area contributed by atoms with Crippen LogP contribution in [0, 0.1) is 5.92 Å². The van der Waals surface area contributed by atoms with Crippen LogP contribution in [0.1, 0.15) is 44.6 Å². The standard InChI is InChI=1S/C16H20BrN3/c1-11-15(18)20-16(19-11,12-6-3-2-4-7-12)13-8-5-9-14(17)10-13/h5,8-10,12H,2-4,6-7H2,1H3,(H2,18,20)/t16-/m0/s1. The second-order valence-electron chi connectivity index (χ2n) is 5.77. The minimum absolute atomic E-state index is 0.460. The summed E-state index contributed by atoms with van der Waals surface area (Å²) >= 11 is 3.56. The van der Waals surface area contributed by atoms with Crippen LogP contribution in [0.5, 0.6) is 0 Å². The van der Waals surface area contributed by atoms with Crippen LogP contribution >= 0.6 is 15.9 Å². The van der Waals surface area contributed by atoms with Crippen LogP contribution in [0.3, 0.4) is 0 Å². The normalized spacial score (nSPS) is 27.3. The van der Waals surface area contributed by atoms with E-state index in [9.17, 15) is 0 Å². The zero-order valence-electron chi connectivity index (χ0n) is 11.8. The van der Waals surface area contributed by atoms with E-state index in [4.69, 9.17) is 15.7 Å². The second-order valence-corrected chi connectivity index (χ2v) is 6.68. The molecule has 1 fully saturated rings. The summed E-state index contributed by atoms with van der Waals surface area (Å²) in [5.41, 5.74) is 7.58. The highest BCUT2D eigenvalue weighted by atomic mass is 79.9. The largest absolute Gasteiger partial charge is 0.382 e. The summed E-state index contributed by atoms with van der Waals surface area (Å²) in [6, 6.07) is 8.35. The van der Waals surface area contributed by atoms with E-state index in [2.05, 4.69) is 34.1 Å². The zero-order valence-corrected chi connectivity index (χ0v) is 13.4. The molecule has 1 saturated carbocycles. The van der Waals surface area contributed by atoms with Crippen LogP contribution in [0.15, 0.2) is 38.7 Å². The smallest absolute Gasteiger partial charge is 0.181 e. The first-order valence-electron chi connectivity index (χ1n) is 7.30. The van der Waals surface area contributed by atoms with Crippen LogP contribution in [-0.4, -0.2) is 11.5 Å². The van der Waals surface area contributed by atoms with E-state index in [1.165, 1.54) is 32.1 Å². The lowest BCUT2D eigenvalue weighted by Gasteiger charge is -2.35. The van der Waals surface area contributed by atoms with Crippen LogP contribution in [0.2, 0.25) is 0 Å². The molecule has 0 aromatic heterocycles. The molecule has 106 valence electrons. The third-order valence-electron chi connectivity index (χ3n) is 4.42. The molecule has 20 heavy (non-hydrogen) atoms. The third-order valence-corrected chi connectivity index (χ3v) is 4.92. The zero-order chi connectivity index (χ0) is 14.2. The third kappa shape index (κ3) is 2.30. The monoisotopic (exact) mass is 333 g/mol. The predicted octanol–water partition coefficient (Wildman–Crippen LogP) is 4.01. The van der Waals surface area contributed by atoms with Gasteiger partial charge in [-0.05, 0) is 31.9 Å². The highest BCUT2D eigenvalue weighted by Gasteiger charge is 2.43. The number of nitrogens with zero attached hydrogens (tertiary/aromatic N) is 2.